The molecule has 0 saturated heterocycles. The summed E-state index contributed by atoms with van der Waals surface area (Å²) in [5.74, 6) is 0.362. The molecule has 0 radical (unpaired) electrons. The lowest BCUT2D eigenvalue weighted by atomic mass is 10.1. The molecule has 2 heteroatoms. The topological polar surface area (TPSA) is 0 Å². The summed E-state index contributed by atoms with van der Waals surface area (Å²) in [5.41, 5.74) is 1.68. The molecule has 0 N–H and O–H groups in total. The second kappa shape index (κ2) is 4.15. The summed E-state index contributed by atoms with van der Waals surface area (Å²) in [6.07, 6.45) is 0. The average Bonchev–Trinajstić information content (AvgIpc) is 2.67. The quantitative estimate of drug-likeness (QED) is 0.689. The van der Waals surface area contributed by atoms with Crippen LogP contribution in [-0.4, -0.2) is 0 Å². The van der Waals surface area contributed by atoms with E-state index < -0.39 is 0 Å². The van der Waals surface area contributed by atoms with Crippen LogP contribution in [0.5, 0.6) is 0 Å². The SMILES string of the molecule is CC(C)c1cc(-c2ccccc2F)cs1. The summed E-state index contributed by atoms with van der Waals surface area (Å²) in [7, 11) is 0. The van der Waals surface area contributed by atoms with Gasteiger partial charge in [0.05, 0.1) is 0 Å². The lowest BCUT2D eigenvalue weighted by Crippen LogP contribution is -1.82. The fourth-order valence-electron chi connectivity index (χ4n) is 1.49. The Morgan fingerprint density at radius 1 is 1.20 bits per heavy atom. The molecule has 0 saturated carbocycles. The number of hydrogen-bond acceptors (Lipinski definition) is 1. The lowest BCUT2D eigenvalue weighted by Gasteiger charge is -2.00. The minimum atomic E-state index is -0.148. The highest BCUT2D eigenvalue weighted by Gasteiger charge is 2.08. The fourth-order valence-corrected chi connectivity index (χ4v) is 2.42. The molecule has 0 spiro atoms. The molecule has 0 unspecified atom stereocenters. The molecule has 0 bridgehead atoms. The largest absolute Gasteiger partial charge is 0.206 e. The summed E-state index contributed by atoms with van der Waals surface area (Å²) in [6, 6.07) is 8.98. The van der Waals surface area contributed by atoms with Crippen molar-refractivity contribution in [2.45, 2.75) is 19.8 Å². The van der Waals surface area contributed by atoms with Crippen LogP contribution >= 0.6 is 11.3 Å². The van der Waals surface area contributed by atoms with E-state index in [0.29, 0.717) is 11.5 Å². The Labute approximate surface area is 93.4 Å². The third kappa shape index (κ3) is 2.10. The molecule has 2 rings (SSSR count). The first kappa shape index (κ1) is 10.4. The molecule has 0 aliphatic heterocycles. The smallest absolute Gasteiger partial charge is 0.131 e. The van der Waals surface area contributed by atoms with Crippen LogP contribution in [0.25, 0.3) is 11.1 Å². The maximum atomic E-state index is 13.5. The Balaban J connectivity index is 2.42. The highest BCUT2D eigenvalue weighted by molar-refractivity contribution is 7.10. The van der Waals surface area contributed by atoms with Crippen molar-refractivity contribution in [3.63, 3.8) is 0 Å². The van der Waals surface area contributed by atoms with Gasteiger partial charge >= 0.3 is 0 Å². The van der Waals surface area contributed by atoms with Crippen molar-refractivity contribution in [3.8, 4) is 11.1 Å². The lowest BCUT2D eigenvalue weighted by molar-refractivity contribution is 0.631. The Morgan fingerprint density at radius 3 is 2.53 bits per heavy atom. The van der Waals surface area contributed by atoms with E-state index in [1.807, 2.05) is 17.5 Å². The number of thiophene rings is 1. The monoisotopic (exact) mass is 220 g/mol. The van der Waals surface area contributed by atoms with Gasteiger partial charge in [-0.1, -0.05) is 32.0 Å². The van der Waals surface area contributed by atoms with Gasteiger partial charge < -0.3 is 0 Å². The van der Waals surface area contributed by atoms with E-state index >= 15 is 0 Å². The van der Waals surface area contributed by atoms with Crippen LogP contribution < -0.4 is 0 Å². The number of benzene rings is 1. The third-order valence-electron chi connectivity index (χ3n) is 2.37. The molecule has 0 atom stereocenters. The molecule has 0 aliphatic rings. The zero-order valence-electron chi connectivity index (χ0n) is 8.83. The first-order valence-electron chi connectivity index (χ1n) is 5.02. The summed E-state index contributed by atoms with van der Waals surface area (Å²) in [4.78, 5) is 1.30. The highest BCUT2D eigenvalue weighted by Crippen LogP contribution is 2.31. The van der Waals surface area contributed by atoms with Gasteiger partial charge in [-0.25, -0.2) is 4.39 Å². The van der Waals surface area contributed by atoms with E-state index in [0.717, 1.165) is 5.56 Å². The Hall–Kier alpha value is -1.15. The maximum Gasteiger partial charge on any atom is 0.131 e. The van der Waals surface area contributed by atoms with Crippen molar-refractivity contribution < 1.29 is 4.39 Å². The summed E-state index contributed by atoms with van der Waals surface area (Å²) >= 11 is 1.69. The predicted molar refractivity (Wildman–Crippen MR) is 63.8 cm³/mol. The molecule has 0 amide bonds. The van der Waals surface area contributed by atoms with Crippen molar-refractivity contribution >= 4 is 11.3 Å². The third-order valence-corrected chi connectivity index (χ3v) is 3.61. The van der Waals surface area contributed by atoms with Crippen LogP contribution in [0.2, 0.25) is 0 Å². The van der Waals surface area contributed by atoms with Gasteiger partial charge in [-0.15, -0.1) is 11.3 Å². The first-order chi connectivity index (χ1) is 7.18. The predicted octanol–water partition coefficient (Wildman–Crippen LogP) is 4.68. The normalized spacial score (nSPS) is 10.9. The van der Waals surface area contributed by atoms with E-state index in [2.05, 4.69) is 19.9 Å². The van der Waals surface area contributed by atoms with Gasteiger partial charge in [0, 0.05) is 10.4 Å². The Morgan fingerprint density at radius 2 is 1.93 bits per heavy atom. The molecular weight excluding hydrogens is 207 g/mol. The molecule has 15 heavy (non-hydrogen) atoms. The zero-order valence-corrected chi connectivity index (χ0v) is 9.64. The second-order valence-corrected chi connectivity index (χ2v) is 4.82. The van der Waals surface area contributed by atoms with Crippen molar-refractivity contribution in [2.75, 3.05) is 0 Å². The minimum absolute atomic E-state index is 0.148. The molecule has 2 aromatic rings. The van der Waals surface area contributed by atoms with Gasteiger partial charge in [0.2, 0.25) is 0 Å². The van der Waals surface area contributed by atoms with Gasteiger partial charge in [0.15, 0.2) is 0 Å². The number of halogens is 1. The van der Waals surface area contributed by atoms with Crippen LogP contribution in [0.3, 0.4) is 0 Å². The maximum absolute atomic E-state index is 13.5. The number of rotatable bonds is 2. The van der Waals surface area contributed by atoms with E-state index in [1.165, 1.54) is 10.9 Å². The molecule has 1 aromatic heterocycles. The Kier molecular flexibility index (Phi) is 2.87. The second-order valence-electron chi connectivity index (χ2n) is 3.87. The van der Waals surface area contributed by atoms with Gasteiger partial charge in [0.25, 0.3) is 0 Å². The van der Waals surface area contributed by atoms with E-state index in [4.69, 9.17) is 0 Å². The van der Waals surface area contributed by atoms with Gasteiger partial charge in [-0.3, -0.25) is 0 Å². The zero-order chi connectivity index (χ0) is 10.8. The molecule has 0 fully saturated rings. The van der Waals surface area contributed by atoms with Gasteiger partial charge in [-0.2, -0.15) is 0 Å². The van der Waals surface area contributed by atoms with Crippen molar-refractivity contribution in [2.24, 2.45) is 0 Å². The van der Waals surface area contributed by atoms with E-state index in [1.54, 1.807) is 17.4 Å². The fraction of sp³-hybridized carbons (Fsp3) is 0.231. The van der Waals surface area contributed by atoms with Crippen LogP contribution in [0.1, 0.15) is 24.6 Å². The Bertz CT molecular complexity index is 457. The van der Waals surface area contributed by atoms with Crippen LogP contribution in [0.4, 0.5) is 4.39 Å². The molecular formula is C13H13FS. The highest BCUT2D eigenvalue weighted by atomic mass is 32.1. The molecule has 1 heterocycles. The first-order valence-corrected chi connectivity index (χ1v) is 5.90. The van der Waals surface area contributed by atoms with Crippen LogP contribution in [0, 0.1) is 5.82 Å². The van der Waals surface area contributed by atoms with Crippen molar-refractivity contribution in [1.29, 1.82) is 0 Å². The molecule has 78 valence electrons. The van der Waals surface area contributed by atoms with Gasteiger partial charge in [0.1, 0.15) is 5.82 Å². The van der Waals surface area contributed by atoms with E-state index in [9.17, 15) is 4.39 Å². The molecule has 0 nitrogen and oxygen atoms in total. The van der Waals surface area contributed by atoms with E-state index in [-0.39, 0.29) is 5.82 Å². The van der Waals surface area contributed by atoms with Crippen LogP contribution in [0.15, 0.2) is 35.7 Å². The van der Waals surface area contributed by atoms with Crippen LogP contribution in [-0.2, 0) is 0 Å². The minimum Gasteiger partial charge on any atom is -0.206 e. The summed E-state index contributed by atoms with van der Waals surface area (Å²) < 4.78 is 13.5. The summed E-state index contributed by atoms with van der Waals surface area (Å²) in [6.45, 7) is 4.30. The number of hydrogen-bond donors (Lipinski definition) is 0. The molecule has 1 aromatic carbocycles. The standard InChI is InChI=1S/C13H13FS/c1-9(2)13-7-10(8-15-13)11-5-3-4-6-12(11)14/h3-9H,1-2H3. The van der Waals surface area contributed by atoms with Gasteiger partial charge in [-0.05, 0) is 29.0 Å². The summed E-state index contributed by atoms with van der Waals surface area (Å²) in [5, 5.41) is 2.02. The molecule has 0 aliphatic carbocycles. The van der Waals surface area contributed by atoms with Crippen molar-refractivity contribution in [1.82, 2.24) is 0 Å². The average molecular weight is 220 g/mol. The van der Waals surface area contributed by atoms with Crippen molar-refractivity contribution in [3.05, 3.63) is 46.4 Å².